The summed E-state index contributed by atoms with van der Waals surface area (Å²) in [5.41, 5.74) is 1.84. The van der Waals surface area contributed by atoms with E-state index in [1.807, 2.05) is 0 Å². The molecule has 3 rings (SSSR count). The minimum atomic E-state index is -0.430. The Hall–Kier alpha value is -1.85. The fraction of sp³-hybridized carbons (Fsp3) is 0.667. The normalized spacial score (nSPS) is 22.7. The topological polar surface area (TPSA) is 78.1 Å². The molecule has 6 heteroatoms. The van der Waals surface area contributed by atoms with Gasteiger partial charge in [0.1, 0.15) is 6.04 Å². The Labute approximate surface area is 124 Å². The van der Waals surface area contributed by atoms with E-state index in [-0.39, 0.29) is 17.9 Å². The third-order valence-corrected chi connectivity index (χ3v) is 4.56. The van der Waals surface area contributed by atoms with Crippen molar-refractivity contribution in [3.05, 3.63) is 17.7 Å². The number of carbonyl (C=O) groups excluding carboxylic acids is 2. The van der Waals surface area contributed by atoms with Crippen LogP contribution in [0.1, 0.15) is 50.4 Å². The molecule has 1 aliphatic carbocycles. The van der Waals surface area contributed by atoms with Gasteiger partial charge in [0.15, 0.2) is 0 Å². The van der Waals surface area contributed by atoms with E-state index in [9.17, 15) is 9.59 Å². The average molecular weight is 290 g/mol. The lowest BCUT2D eigenvalue weighted by atomic mass is 9.94. The van der Waals surface area contributed by atoms with Crippen molar-refractivity contribution in [2.75, 3.05) is 0 Å². The van der Waals surface area contributed by atoms with Crippen LogP contribution in [0.15, 0.2) is 6.33 Å². The molecule has 114 valence electrons. The first kappa shape index (κ1) is 14.1. The lowest BCUT2D eigenvalue weighted by Crippen LogP contribution is -2.54. The molecular formula is C15H22N4O2. The van der Waals surface area contributed by atoms with Gasteiger partial charge in [-0.25, -0.2) is 4.98 Å². The van der Waals surface area contributed by atoms with Crippen molar-refractivity contribution in [1.29, 1.82) is 0 Å². The Morgan fingerprint density at radius 2 is 2.10 bits per heavy atom. The smallest absolute Gasteiger partial charge is 0.243 e. The monoisotopic (exact) mass is 290 g/mol. The summed E-state index contributed by atoms with van der Waals surface area (Å²) in [4.78, 5) is 33.4. The molecule has 0 radical (unpaired) electrons. The molecular weight excluding hydrogens is 268 g/mol. The van der Waals surface area contributed by atoms with Crippen molar-refractivity contribution in [3.8, 4) is 0 Å². The minimum absolute atomic E-state index is 0.0363. The fourth-order valence-electron chi connectivity index (χ4n) is 3.35. The first-order chi connectivity index (χ1) is 10.1. The molecule has 0 spiro atoms. The van der Waals surface area contributed by atoms with Gasteiger partial charge >= 0.3 is 0 Å². The number of amides is 2. The van der Waals surface area contributed by atoms with E-state index in [1.54, 1.807) is 11.2 Å². The molecule has 1 atom stereocenters. The third kappa shape index (κ3) is 2.94. The van der Waals surface area contributed by atoms with Crippen LogP contribution < -0.4 is 5.32 Å². The largest absolute Gasteiger partial charge is 0.352 e. The summed E-state index contributed by atoms with van der Waals surface area (Å²) in [5, 5.41) is 3.13. The van der Waals surface area contributed by atoms with Gasteiger partial charge in [0, 0.05) is 19.4 Å². The van der Waals surface area contributed by atoms with E-state index < -0.39 is 6.04 Å². The van der Waals surface area contributed by atoms with Crippen molar-refractivity contribution >= 4 is 11.8 Å². The molecule has 1 aromatic rings. The van der Waals surface area contributed by atoms with Gasteiger partial charge in [0.05, 0.1) is 24.3 Å². The van der Waals surface area contributed by atoms with Crippen molar-refractivity contribution < 1.29 is 9.59 Å². The first-order valence-corrected chi connectivity index (χ1v) is 7.74. The highest BCUT2D eigenvalue weighted by atomic mass is 16.2. The lowest BCUT2D eigenvalue weighted by Gasteiger charge is -2.34. The van der Waals surface area contributed by atoms with Crippen LogP contribution in [0.3, 0.4) is 0 Å². The summed E-state index contributed by atoms with van der Waals surface area (Å²) in [6, 6.07) is -0.166. The molecule has 0 aromatic carbocycles. The van der Waals surface area contributed by atoms with Crippen molar-refractivity contribution in [2.24, 2.45) is 0 Å². The number of nitrogens with zero attached hydrogens (tertiary/aromatic N) is 2. The number of carbonyl (C=O) groups is 2. The highest BCUT2D eigenvalue weighted by molar-refractivity contribution is 5.87. The number of hydrogen-bond donors (Lipinski definition) is 2. The number of aromatic amines is 1. The highest BCUT2D eigenvalue weighted by Gasteiger charge is 2.35. The molecule has 2 amide bonds. The summed E-state index contributed by atoms with van der Waals surface area (Å²) >= 11 is 0. The Morgan fingerprint density at radius 1 is 1.33 bits per heavy atom. The summed E-state index contributed by atoms with van der Waals surface area (Å²) < 4.78 is 0. The quantitative estimate of drug-likeness (QED) is 0.857. The second-order valence-electron chi connectivity index (χ2n) is 6.04. The standard InChI is InChI=1S/C15H22N4O2/c1-10(20)19-8-13-12(16-9-17-13)7-14(19)15(21)18-11-5-3-2-4-6-11/h9,11,14H,2-8H2,1H3,(H,16,17)(H,18,21)/t14-/m0/s1. The fourth-order valence-corrected chi connectivity index (χ4v) is 3.35. The Kier molecular flexibility index (Phi) is 3.94. The summed E-state index contributed by atoms with van der Waals surface area (Å²) in [7, 11) is 0. The van der Waals surface area contributed by atoms with Crippen LogP contribution in [0.5, 0.6) is 0 Å². The number of fused-ring (bicyclic) bond motifs is 1. The molecule has 1 fully saturated rings. The predicted molar refractivity (Wildman–Crippen MR) is 77.3 cm³/mol. The molecule has 2 aliphatic rings. The maximum atomic E-state index is 12.6. The van der Waals surface area contributed by atoms with E-state index in [0.717, 1.165) is 24.2 Å². The Morgan fingerprint density at radius 3 is 2.81 bits per heavy atom. The Bertz CT molecular complexity index is 534. The van der Waals surface area contributed by atoms with E-state index in [4.69, 9.17) is 0 Å². The van der Waals surface area contributed by atoms with Crippen LogP contribution in [0.2, 0.25) is 0 Å². The van der Waals surface area contributed by atoms with Crippen molar-refractivity contribution in [3.63, 3.8) is 0 Å². The van der Waals surface area contributed by atoms with E-state index in [1.165, 1.54) is 26.2 Å². The van der Waals surface area contributed by atoms with Crippen LogP contribution in [0.25, 0.3) is 0 Å². The predicted octanol–water partition coefficient (Wildman–Crippen LogP) is 1.13. The molecule has 2 N–H and O–H groups in total. The first-order valence-electron chi connectivity index (χ1n) is 7.74. The molecule has 1 aromatic heterocycles. The van der Waals surface area contributed by atoms with Crippen LogP contribution in [-0.4, -0.2) is 38.8 Å². The number of aromatic nitrogens is 2. The molecule has 0 bridgehead atoms. The highest BCUT2D eigenvalue weighted by Crippen LogP contribution is 2.22. The molecule has 1 saturated carbocycles. The van der Waals surface area contributed by atoms with Gasteiger partial charge in [-0.3, -0.25) is 9.59 Å². The molecule has 1 aliphatic heterocycles. The van der Waals surface area contributed by atoms with Crippen LogP contribution in [0, 0.1) is 0 Å². The molecule has 21 heavy (non-hydrogen) atoms. The molecule has 0 unspecified atom stereocenters. The molecule has 6 nitrogen and oxygen atoms in total. The maximum absolute atomic E-state index is 12.6. The summed E-state index contributed by atoms with van der Waals surface area (Å²) in [5.74, 6) is -0.107. The summed E-state index contributed by atoms with van der Waals surface area (Å²) in [6.07, 6.45) is 7.83. The summed E-state index contributed by atoms with van der Waals surface area (Å²) in [6.45, 7) is 1.95. The average Bonchev–Trinajstić information content (AvgIpc) is 2.94. The lowest BCUT2D eigenvalue weighted by molar-refractivity contribution is -0.140. The number of nitrogens with one attached hydrogen (secondary N) is 2. The van der Waals surface area contributed by atoms with Crippen LogP contribution >= 0.6 is 0 Å². The van der Waals surface area contributed by atoms with E-state index in [2.05, 4.69) is 15.3 Å². The zero-order chi connectivity index (χ0) is 14.8. The van der Waals surface area contributed by atoms with Gasteiger partial charge in [0.25, 0.3) is 0 Å². The van der Waals surface area contributed by atoms with Gasteiger partial charge < -0.3 is 15.2 Å². The maximum Gasteiger partial charge on any atom is 0.243 e. The van der Waals surface area contributed by atoms with Gasteiger partial charge in [-0.1, -0.05) is 19.3 Å². The number of imidazole rings is 1. The minimum Gasteiger partial charge on any atom is -0.352 e. The number of H-pyrrole nitrogens is 1. The second kappa shape index (κ2) is 5.87. The SMILES string of the molecule is CC(=O)N1Cc2[nH]cnc2C[C@H]1C(=O)NC1CCCCC1. The van der Waals surface area contributed by atoms with Gasteiger partial charge in [0.2, 0.25) is 11.8 Å². The molecule has 2 heterocycles. The van der Waals surface area contributed by atoms with Crippen LogP contribution in [-0.2, 0) is 22.6 Å². The van der Waals surface area contributed by atoms with Gasteiger partial charge in [-0.05, 0) is 12.8 Å². The van der Waals surface area contributed by atoms with Crippen molar-refractivity contribution in [1.82, 2.24) is 20.2 Å². The van der Waals surface area contributed by atoms with Crippen molar-refractivity contribution in [2.45, 2.75) is 64.1 Å². The van der Waals surface area contributed by atoms with Crippen LogP contribution in [0.4, 0.5) is 0 Å². The van der Waals surface area contributed by atoms with Gasteiger partial charge in [-0.15, -0.1) is 0 Å². The number of rotatable bonds is 2. The van der Waals surface area contributed by atoms with Gasteiger partial charge in [-0.2, -0.15) is 0 Å². The second-order valence-corrected chi connectivity index (χ2v) is 6.04. The zero-order valence-corrected chi connectivity index (χ0v) is 12.4. The number of hydrogen-bond acceptors (Lipinski definition) is 3. The zero-order valence-electron chi connectivity index (χ0n) is 12.4. The van der Waals surface area contributed by atoms with E-state index >= 15 is 0 Å². The Balaban J connectivity index is 1.72. The van der Waals surface area contributed by atoms with E-state index in [0.29, 0.717) is 13.0 Å². The third-order valence-electron chi connectivity index (χ3n) is 4.56. The molecule has 0 saturated heterocycles.